The Morgan fingerprint density at radius 3 is 2.54 bits per heavy atom. The van der Waals surface area contributed by atoms with Crippen LogP contribution in [-0.4, -0.2) is 38.2 Å². The molecule has 1 aliphatic carbocycles. The number of pyridine rings is 1. The number of carbonyl (C=O) groups excluding carboxylic acids is 2. The van der Waals surface area contributed by atoms with E-state index in [-0.39, 0.29) is 18.5 Å². The van der Waals surface area contributed by atoms with Crippen LogP contribution in [0.2, 0.25) is 0 Å². The number of hydrogen-bond donors (Lipinski definition) is 2. The van der Waals surface area contributed by atoms with Crippen molar-refractivity contribution in [2.24, 2.45) is 5.92 Å². The molecule has 0 aliphatic heterocycles. The number of alkyl carbamates (subject to hydrolysis) is 1. The van der Waals surface area contributed by atoms with Gasteiger partial charge in [-0.25, -0.2) is 14.8 Å². The number of carbonyl (C=O) groups is 2. The fraction of sp³-hybridized carbons (Fsp3) is 0.462. The van der Waals surface area contributed by atoms with Crippen molar-refractivity contribution < 1.29 is 27.5 Å². The molecule has 198 valence electrons. The molecule has 37 heavy (non-hydrogen) atoms. The fourth-order valence-electron chi connectivity index (χ4n) is 4.03. The fourth-order valence-corrected chi connectivity index (χ4v) is 4.03. The molecule has 2 amide bonds. The van der Waals surface area contributed by atoms with Gasteiger partial charge in [0.05, 0.1) is 12.1 Å². The van der Waals surface area contributed by atoms with E-state index >= 15 is 0 Å². The second-order valence-electron chi connectivity index (χ2n) is 10.2. The largest absolute Gasteiger partial charge is 0.444 e. The first kappa shape index (κ1) is 26.4. The molecule has 0 radical (unpaired) electrons. The number of hydrogen-bond acceptors (Lipinski definition) is 5. The van der Waals surface area contributed by atoms with Crippen LogP contribution in [-0.2, 0) is 35.2 Å². The minimum Gasteiger partial charge on any atom is -0.444 e. The Morgan fingerprint density at radius 1 is 1.14 bits per heavy atom. The highest BCUT2D eigenvalue weighted by Crippen LogP contribution is 2.33. The smallest absolute Gasteiger partial charge is 0.416 e. The highest BCUT2D eigenvalue weighted by molar-refractivity contribution is 5.86. The summed E-state index contributed by atoms with van der Waals surface area (Å²) in [6, 6.07) is 7.28. The molecule has 8 nitrogen and oxygen atoms in total. The zero-order chi connectivity index (χ0) is 26.8. The predicted octanol–water partition coefficient (Wildman–Crippen LogP) is 4.61. The van der Waals surface area contributed by atoms with Crippen LogP contribution >= 0.6 is 0 Å². The third-order valence-electron chi connectivity index (χ3n) is 5.90. The summed E-state index contributed by atoms with van der Waals surface area (Å²) in [7, 11) is 0. The van der Waals surface area contributed by atoms with E-state index in [0.717, 1.165) is 25.5 Å². The van der Waals surface area contributed by atoms with Gasteiger partial charge >= 0.3 is 12.3 Å². The molecule has 1 unspecified atom stereocenters. The van der Waals surface area contributed by atoms with Crippen molar-refractivity contribution in [1.29, 1.82) is 0 Å². The average Bonchev–Trinajstić information content (AvgIpc) is 3.56. The van der Waals surface area contributed by atoms with Gasteiger partial charge in [0.25, 0.3) is 0 Å². The van der Waals surface area contributed by atoms with E-state index in [4.69, 9.17) is 4.74 Å². The first-order chi connectivity index (χ1) is 17.4. The van der Waals surface area contributed by atoms with Crippen molar-refractivity contribution in [1.82, 2.24) is 25.2 Å². The zero-order valence-electron chi connectivity index (χ0n) is 20.9. The number of ether oxygens (including phenoxy) is 1. The molecular weight excluding hydrogens is 487 g/mol. The number of alkyl halides is 3. The minimum atomic E-state index is -4.61. The van der Waals surface area contributed by atoms with E-state index in [0.29, 0.717) is 22.9 Å². The molecule has 1 saturated carbocycles. The van der Waals surface area contributed by atoms with Crippen LogP contribution in [0.5, 0.6) is 0 Å². The highest BCUT2D eigenvalue weighted by Gasteiger charge is 2.35. The summed E-state index contributed by atoms with van der Waals surface area (Å²) < 4.78 is 47.9. The molecule has 4 rings (SSSR count). The molecule has 2 aromatic heterocycles. The minimum absolute atomic E-state index is 0.0231. The zero-order valence-corrected chi connectivity index (χ0v) is 20.9. The van der Waals surface area contributed by atoms with Gasteiger partial charge < -0.3 is 19.9 Å². The Morgan fingerprint density at radius 2 is 1.86 bits per heavy atom. The Labute approximate surface area is 212 Å². The monoisotopic (exact) mass is 517 g/mol. The van der Waals surface area contributed by atoms with Crippen molar-refractivity contribution in [3.05, 3.63) is 59.5 Å². The maximum Gasteiger partial charge on any atom is 0.416 e. The summed E-state index contributed by atoms with van der Waals surface area (Å²) in [6.07, 6.45) is -1.99. The van der Waals surface area contributed by atoms with Crippen molar-refractivity contribution >= 4 is 23.2 Å². The number of fused-ring (bicyclic) bond motifs is 1. The standard InChI is InChI=1S/C26H30F3N5O3/c1-25(2,3)37-24(36)33-20(13-17-7-4-5-8-18(17)26(27,28)29)23(35)31-14-21-32-19-9-6-12-30-22(19)34(21)15-16-10-11-16/h4-9,12,16,20H,10-11,13-15H2,1-3H3,(H,31,35)(H,33,36). The van der Waals surface area contributed by atoms with Crippen molar-refractivity contribution in [3.8, 4) is 0 Å². The molecular formula is C26H30F3N5O3. The topological polar surface area (TPSA) is 98.1 Å². The van der Waals surface area contributed by atoms with Gasteiger partial charge in [-0.3, -0.25) is 4.79 Å². The van der Waals surface area contributed by atoms with Gasteiger partial charge in [-0.15, -0.1) is 0 Å². The summed E-state index contributed by atoms with van der Waals surface area (Å²) in [6.45, 7) is 5.70. The number of imidazole rings is 1. The lowest BCUT2D eigenvalue weighted by Gasteiger charge is -2.24. The van der Waals surface area contributed by atoms with Crippen LogP contribution in [0.15, 0.2) is 42.6 Å². The quantitative estimate of drug-likeness (QED) is 0.455. The van der Waals surface area contributed by atoms with Gasteiger partial charge in [-0.1, -0.05) is 18.2 Å². The molecule has 11 heteroatoms. The van der Waals surface area contributed by atoms with Crippen molar-refractivity contribution in [3.63, 3.8) is 0 Å². The lowest BCUT2D eigenvalue weighted by molar-refractivity contribution is -0.138. The van der Waals surface area contributed by atoms with E-state index < -0.39 is 35.4 Å². The Kier molecular flexibility index (Phi) is 7.42. The maximum absolute atomic E-state index is 13.6. The number of halogens is 3. The number of amides is 2. The Bertz CT molecular complexity index is 1280. The average molecular weight is 518 g/mol. The molecule has 1 aromatic carbocycles. The number of benzene rings is 1. The number of nitrogens with one attached hydrogen (secondary N) is 2. The number of rotatable bonds is 8. The second-order valence-corrected chi connectivity index (χ2v) is 10.2. The van der Waals surface area contributed by atoms with Crippen molar-refractivity contribution in [2.45, 2.75) is 70.9 Å². The van der Waals surface area contributed by atoms with E-state index in [2.05, 4.69) is 20.6 Å². The molecule has 1 atom stereocenters. The first-order valence-electron chi connectivity index (χ1n) is 12.1. The van der Waals surface area contributed by atoms with Crippen LogP contribution in [0, 0.1) is 5.92 Å². The van der Waals surface area contributed by atoms with Gasteiger partial charge in [0.1, 0.15) is 23.0 Å². The lowest BCUT2D eigenvalue weighted by atomic mass is 9.99. The summed E-state index contributed by atoms with van der Waals surface area (Å²) in [5.41, 5.74) is -0.432. The van der Waals surface area contributed by atoms with Gasteiger partial charge in [0, 0.05) is 19.2 Å². The van der Waals surface area contributed by atoms with Crippen LogP contribution in [0.3, 0.4) is 0 Å². The van der Waals surface area contributed by atoms with Gasteiger partial charge in [0.15, 0.2) is 5.65 Å². The molecule has 0 saturated heterocycles. The molecule has 0 bridgehead atoms. The summed E-state index contributed by atoms with van der Waals surface area (Å²) in [5, 5.41) is 5.18. The Hall–Kier alpha value is -3.63. The summed E-state index contributed by atoms with van der Waals surface area (Å²) in [5.74, 6) is 0.454. The van der Waals surface area contributed by atoms with E-state index in [1.807, 2.05) is 10.6 Å². The van der Waals surface area contributed by atoms with Gasteiger partial charge in [-0.2, -0.15) is 13.2 Å². The summed E-state index contributed by atoms with van der Waals surface area (Å²) in [4.78, 5) is 34.7. The molecule has 2 heterocycles. The predicted molar refractivity (Wildman–Crippen MR) is 130 cm³/mol. The number of aromatic nitrogens is 3. The normalized spacial score (nSPS) is 14.9. The van der Waals surface area contributed by atoms with E-state index in [1.165, 1.54) is 18.2 Å². The number of nitrogens with zero attached hydrogens (tertiary/aromatic N) is 3. The molecule has 3 aromatic rings. The van der Waals surface area contributed by atoms with Crippen molar-refractivity contribution in [2.75, 3.05) is 0 Å². The van der Waals surface area contributed by atoms with E-state index in [1.54, 1.807) is 33.0 Å². The maximum atomic E-state index is 13.6. The molecule has 1 fully saturated rings. The van der Waals surface area contributed by atoms with Gasteiger partial charge in [-0.05, 0) is 63.3 Å². The van der Waals surface area contributed by atoms with Crippen LogP contribution in [0.1, 0.15) is 50.6 Å². The van der Waals surface area contributed by atoms with E-state index in [9.17, 15) is 22.8 Å². The van der Waals surface area contributed by atoms with Crippen LogP contribution in [0.25, 0.3) is 11.2 Å². The highest BCUT2D eigenvalue weighted by atomic mass is 19.4. The Balaban J connectivity index is 1.55. The third kappa shape index (κ3) is 6.99. The SMILES string of the molecule is CC(C)(C)OC(=O)NC(Cc1ccccc1C(F)(F)F)C(=O)NCc1nc2cccnc2n1CC1CC1. The summed E-state index contributed by atoms with van der Waals surface area (Å²) >= 11 is 0. The molecule has 2 N–H and O–H groups in total. The van der Waals surface area contributed by atoms with Crippen LogP contribution in [0.4, 0.5) is 18.0 Å². The third-order valence-corrected chi connectivity index (χ3v) is 5.90. The first-order valence-corrected chi connectivity index (χ1v) is 12.1. The molecule has 0 spiro atoms. The lowest BCUT2D eigenvalue weighted by Crippen LogP contribution is -2.49. The van der Waals surface area contributed by atoms with Gasteiger partial charge in [0.2, 0.25) is 5.91 Å². The molecule has 1 aliphatic rings. The second kappa shape index (κ2) is 10.4. The van der Waals surface area contributed by atoms with Crippen LogP contribution < -0.4 is 10.6 Å².